The molecule has 5 nitrogen and oxygen atoms in total. The summed E-state index contributed by atoms with van der Waals surface area (Å²) < 4.78 is 11.2. The van der Waals surface area contributed by atoms with Crippen molar-refractivity contribution in [2.45, 2.75) is 18.6 Å². The Balaban J connectivity index is 2.33. The molecule has 0 radical (unpaired) electrons. The molecule has 1 aliphatic rings. The largest absolute Gasteiger partial charge is 0.493 e. The van der Waals surface area contributed by atoms with Crippen molar-refractivity contribution in [2.75, 3.05) is 18.6 Å². The highest BCUT2D eigenvalue weighted by atomic mass is 32.2. The number of hydrogen-bond acceptors (Lipinski definition) is 5. The van der Waals surface area contributed by atoms with E-state index in [0.29, 0.717) is 17.1 Å². The van der Waals surface area contributed by atoms with Crippen molar-refractivity contribution in [2.24, 2.45) is 5.73 Å². The van der Waals surface area contributed by atoms with Crippen LogP contribution in [0.3, 0.4) is 0 Å². The molecule has 1 fully saturated rings. The minimum atomic E-state index is -1.11. The first-order valence-electron chi connectivity index (χ1n) is 6.03. The fourth-order valence-corrected chi connectivity index (χ4v) is 3.06. The van der Waals surface area contributed by atoms with Crippen LogP contribution < -0.4 is 15.2 Å². The Hall–Kier alpha value is -1.40. The molecule has 6 heteroatoms. The van der Waals surface area contributed by atoms with Crippen LogP contribution in [0.2, 0.25) is 0 Å². The van der Waals surface area contributed by atoms with Crippen LogP contribution in [0.25, 0.3) is 0 Å². The number of para-hydroxylation sites is 1. The molecule has 2 atom stereocenters. The third-order valence-electron chi connectivity index (χ3n) is 3.00. The number of carboxylic acid groups (broad SMARTS) is 1. The smallest absolute Gasteiger partial charge is 0.325 e. The molecule has 104 valence electrons. The predicted molar refractivity (Wildman–Crippen MR) is 73.9 cm³/mol. The molecule has 1 aromatic rings. The van der Waals surface area contributed by atoms with E-state index >= 15 is 0 Å². The number of methoxy groups -OCH3 is 1. The first-order valence-corrected chi connectivity index (χ1v) is 7.18. The van der Waals surface area contributed by atoms with Gasteiger partial charge < -0.3 is 20.3 Å². The van der Waals surface area contributed by atoms with E-state index in [9.17, 15) is 4.79 Å². The van der Waals surface area contributed by atoms with E-state index in [2.05, 4.69) is 0 Å². The number of aliphatic carboxylic acids is 1. The lowest BCUT2D eigenvalue weighted by Crippen LogP contribution is -2.23. The lowest BCUT2D eigenvalue weighted by molar-refractivity contribution is -0.138. The summed E-state index contributed by atoms with van der Waals surface area (Å²) in [5.41, 5.74) is 6.14. The minimum Gasteiger partial charge on any atom is -0.493 e. The maximum Gasteiger partial charge on any atom is 0.325 e. The number of hydrogen-bond donors (Lipinski definition) is 2. The summed E-state index contributed by atoms with van der Waals surface area (Å²) in [4.78, 5) is 11.1. The average Bonchev–Trinajstić information content (AvgIpc) is 2.91. The molecular formula is C13H17NO4S. The molecule has 1 aromatic carbocycles. The highest BCUT2D eigenvalue weighted by molar-refractivity contribution is 7.99. The number of thioether (sulfide) groups is 1. The molecule has 19 heavy (non-hydrogen) atoms. The van der Waals surface area contributed by atoms with Crippen LogP contribution >= 0.6 is 11.8 Å². The third-order valence-corrected chi connectivity index (χ3v) is 4.13. The summed E-state index contributed by atoms with van der Waals surface area (Å²) in [6, 6.07) is 4.01. The van der Waals surface area contributed by atoms with Gasteiger partial charge in [-0.3, -0.25) is 4.79 Å². The molecule has 2 unspecified atom stereocenters. The van der Waals surface area contributed by atoms with Gasteiger partial charge in [-0.25, -0.2) is 0 Å². The summed E-state index contributed by atoms with van der Waals surface area (Å²) in [5.74, 6) is 1.84. The van der Waals surface area contributed by atoms with E-state index in [4.69, 9.17) is 20.3 Å². The lowest BCUT2D eigenvalue weighted by Gasteiger charge is -2.20. The number of carbonyl (C=O) groups is 1. The molecule has 3 N–H and O–H groups in total. The molecule has 0 bridgehead atoms. The number of carboxylic acids is 1. The van der Waals surface area contributed by atoms with Gasteiger partial charge in [-0.15, -0.1) is 0 Å². The Morgan fingerprint density at radius 1 is 1.58 bits per heavy atom. The fraction of sp³-hybridized carbons (Fsp3) is 0.462. The highest BCUT2D eigenvalue weighted by Crippen LogP contribution is 2.36. The van der Waals surface area contributed by atoms with Crippen molar-refractivity contribution >= 4 is 17.7 Å². The van der Waals surface area contributed by atoms with Gasteiger partial charge in [0.15, 0.2) is 11.5 Å². The molecule has 1 aliphatic heterocycles. The van der Waals surface area contributed by atoms with Crippen molar-refractivity contribution in [1.82, 2.24) is 0 Å². The lowest BCUT2D eigenvalue weighted by atomic mass is 10.1. The number of nitrogens with two attached hydrogens (primary N) is 1. The second-order valence-corrected chi connectivity index (χ2v) is 5.45. The van der Waals surface area contributed by atoms with Crippen molar-refractivity contribution in [3.8, 4) is 11.5 Å². The zero-order chi connectivity index (χ0) is 13.8. The first-order chi connectivity index (χ1) is 9.13. The molecule has 1 heterocycles. The van der Waals surface area contributed by atoms with Crippen molar-refractivity contribution in [1.29, 1.82) is 0 Å². The highest BCUT2D eigenvalue weighted by Gasteiger charge is 2.25. The molecule has 1 saturated heterocycles. The average molecular weight is 283 g/mol. The summed E-state index contributed by atoms with van der Waals surface area (Å²) in [6.45, 7) is 0. The van der Waals surface area contributed by atoms with E-state index in [0.717, 1.165) is 17.9 Å². The van der Waals surface area contributed by atoms with Gasteiger partial charge >= 0.3 is 5.97 Å². The molecule has 0 aliphatic carbocycles. The van der Waals surface area contributed by atoms with Gasteiger partial charge in [-0.05, 0) is 18.2 Å². The van der Waals surface area contributed by atoms with Gasteiger partial charge in [-0.1, -0.05) is 12.1 Å². The first kappa shape index (κ1) is 14.0. The van der Waals surface area contributed by atoms with Crippen molar-refractivity contribution in [3.05, 3.63) is 23.8 Å². The van der Waals surface area contributed by atoms with Crippen molar-refractivity contribution < 1.29 is 19.4 Å². The zero-order valence-electron chi connectivity index (χ0n) is 10.7. The molecule has 2 rings (SSSR count). The van der Waals surface area contributed by atoms with Gasteiger partial charge in [0.05, 0.1) is 7.11 Å². The Kier molecular flexibility index (Phi) is 4.55. The van der Waals surface area contributed by atoms with E-state index in [1.807, 2.05) is 11.8 Å². The van der Waals surface area contributed by atoms with E-state index in [-0.39, 0.29) is 6.10 Å². The SMILES string of the molecule is COc1cccc(C(N)C(=O)O)c1OC1CCSC1. The standard InChI is InChI=1S/C13H17NO4S/c1-17-10-4-2-3-9(11(14)13(15)16)12(10)18-8-5-6-19-7-8/h2-4,8,11H,5-7,14H2,1H3,(H,15,16). The maximum absolute atomic E-state index is 11.1. The summed E-state index contributed by atoms with van der Waals surface area (Å²) >= 11 is 1.82. The second-order valence-electron chi connectivity index (χ2n) is 4.30. The number of rotatable bonds is 5. The van der Waals surface area contributed by atoms with Crippen LogP contribution in [0.4, 0.5) is 0 Å². The molecular weight excluding hydrogens is 266 g/mol. The minimum absolute atomic E-state index is 0.0843. The van der Waals surface area contributed by atoms with Gasteiger partial charge in [0.25, 0.3) is 0 Å². The van der Waals surface area contributed by atoms with Crippen LogP contribution in [0.5, 0.6) is 11.5 Å². The van der Waals surface area contributed by atoms with Gasteiger partial charge in [0.1, 0.15) is 12.1 Å². The fourth-order valence-electron chi connectivity index (χ4n) is 1.97. The molecule has 0 aromatic heterocycles. The van der Waals surface area contributed by atoms with Crippen LogP contribution in [0.1, 0.15) is 18.0 Å². The number of benzene rings is 1. The van der Waals surface area contributed by atoms with Crippen LogP contribution in [-0.4, -0.2) is 35.8 Å². The monoisotopic (exact) mass is 283 g/mol. The summed E-state index contributed by atoms with van der Waals surface area (Å²) in [7, 11) is 1.53. The Labute approximate surface area is 116 Å². The zero-order valence-corrected chi connectivity index (χ0v) is 11.5. The molecule has 0 amide bonds. The van der Waals surface area contributed by atoms with E-state index in [1.165, 1.54) is 7.11 Å². The topological polar surface area (TPSA) is 81.8 Å². The van der Waals surface area contributed by atoms with Crippen LogP contribution in [0, 0.1) is 0 Å². The van der Waals surface area contributed by atoms with Gasteiger partial charge in [0, 0.05) is 11.3 Å². The second kappa shape index (κ2) is 6.16. The van der Waals surface area contributed by atoms with Crippen LogP contribution in [0.15, 0.2) is 18.2 Å². The Morgan fingerprint density at radius 3 is 2.95 bits per heavy atom. The number of ether oxygens (including phenoxy) is 2. The Morgan fingerprint density at radius 2 is 2.37 bits per heavy atom. The summed E-state index contributed by atoms with van der Waals surface area (Å²) in [5, 5.41) is 9.06. The molecule has 0 spiro atoms. The quantitative estimate of drug-likeness (QED) is 0.855. The summed E-state index contributed by atoms with van der Waals surface area (Å²) in [6.07, 6.45) is 1.03. The maximum atomic E-state index is 11.1. The Bertz CT molecular complexity index is 460. The third kappa shape index (κ3) is 3.13. The van der Waals surface area contributed by atoms with Crippen molar-refractivity contribution in [3.63, 3.8) is 0 Å². The normalized spacial score (nSPS) is 20.0. The van der Waals surface area contributed by atoms with Crippen LogP contribution in [-0.2, 0) is 4.79 Å². The van der Waals surface area contributed by atoms with Gasteiger partial charge in [-0.2, -0.15) is 11.8 Å². The predicted octanol–water partition coefficient (Wildman–Crippen LogP) is 1.66. The molecule has 0 saturated carbocycles. The van der Waals surface area contributed by atoms with Gasteiger partial charge in [0.2, 0.25) is 0 Å². The van der Waals surface area contributed by atoms with E-state index in [1.54, 1.807) is 18.2 Å². The van der Waals surface area contributed by atoms with E-state index < -0.39 is 12.0 Å².